The number of hydrogen-bond donors (Lipinski definition) is 1. The number of benzene rings is 1. The van der Waals surface area contributed by atoms with E-state index in [9.17, 15) is 8.78 Å². The average molecular weight is 209 g/mol. The third-order valence-electron chi connectivity index (χ3n) is 2.62. The fourth-order valence-electron chi connectivity index (χ4n) is 1.72. The summed E-state index contributed by atoms with van der Waals surface area (Å²) in [6.45, 7) is 0.385. The molecule has 1 aromatic carbocycles. The van der Waals surface area contributed by atoms with Gasteiger partial charge in [0.05, 0.1) is 0 Å². The van der Waals surface area contributed by atoms with E-state index in [-0.39, 0.29) is 0 Å². The van der Waals surface area contributed by atoms with E-state index in [1.807, 2.05) is 0 Å². The summed E-state index contributed by atoms with van der Waals surface area (Å²) in [5.74, 6) is -1.52. The Morgan fingerprint density at radius 1 is 1.20 bits per heavy atom. The Morgan fingerprint density at radius 2 is 1.93 bits per heavy atom. The van der Waals surface area contributed by atoms with Gasteiger partial charge in [0.15, 0.2) is 11.6 Å². The first-order valence-corrected chi connectivity index (χ1v) is 5.08. The minimum atomic E-state index is -0.779. The highest BCUT2D eigenvalue weighted by Crippen LogP contribution is 2.13. The van der Waals surface area contributed by atoms with Gasteiger partial charge in [-0.3, -0.25) is 0 Å². The third kappa shape index (κ3) is 2.42. The van der Waals surface area contributed by atoms with Crippen LogP contribution < -0.4 is 5.32 Å². The van der Waals surface area contributed by atoms with Gasteiger partial charge >= 0.3 is 0 Å². The summed E-state index contributed by atoms with van der Waals surface area (Å²) >= 11 is 0. The van der Waals surface area contributed by atoms with Gasteiger partial charge in [0, 0.05) is 18.2 Å². The Labute approximate surface area is 87.8 Å². The van der Waals surface area contributed by atoms with Crippen LogP contribution in [0, 0.1) is 11.6 Å². The van der Waals surface area contributed by atoms with Gasteiger partial charge < -0.3 is 5.32 Å². The number of halogens is 2. The lowest BCUT2D eigenvalue weighted by Crippen LogP contribution is -2.26. The summed E-state index contributed by atoms with van der Waals surface area (Å²) in [6.07, 6.45) is 6.13. The molecule has 0 radical (unpaired) electrons. The fraction of sp³-hybridized carbons (Fsp3) is 0.333. The predicted octanol–water partition coefficient (Wildman–Crippen LogP) is 2.77. The van der Waals surface area contributed by atoms with Crippen molar-refractivity contribution in [2.24, 2.45) is 0 Å². The Balaban J connectivity index is 1.95. The van der Waals surface area contributed by atoms with E-state index in [0.717, 1.165) is 18.9 Å². The number of nitrogens with one attached hydrogen (secondary N) is 1. The zero-order chi connectivity index (χ0) is 10.7. The minimum Gasteiger partial charge on any atom is -0.309 e. The zero-order valence-corrected chi connectivity index (χ0v) is 8.34. The zero-order valence-electron chi connectivity index (χ0n) is 8.34. The minimum absolute atomic E-state index is 0.368. The van der Waals surface area contributed by atoms with E-state index in [4.69, 9.17) is 0 Å². The average Bonchev–Trinajstić information content (AvgIpc) is 2.73. The Kier molecular flexibility index (Phi) is 3.11. The van der Waals surface area contributed by atoms with Crippen LogP contribution in [0.5, 0.6) is 0 Å². The molecule has 0 bridgehead atoms. The summed E-state index contributed by atoms with van der Waals surface area (Å²) in [6, 6.07) is 4.64. The summed E-state index contributed by atoms with van der Waals surface area (Å²) in [5, 5.41) is 3.20. The molecule has 1 nitrogen and oxygen atoms in total. The molecule has 1 aliphatic rings. The van der Waals surface area contributed by atoms with Crippen molar-refractivity contribution in [1.82, 2.24) is 5.32 Å². The monoisotopic (exact) mass is 209 g/mol. The second kappa shape index (κ2) is 4.53. The van der Waals surface area contributed by atoms with Crippen LogP contribution in [0.4, 0.5) is 8.78 Å². The molecule has 0 aromatic heterocycles. The van der Waals surface area contributed by atoms with Crippen molar-refractivity contribution in [1.29, 1.82) is 0 Å². The van der Waals surface area contributed by atoms with Crippen molar-refractivity contribution >= 4 is 0 Å². The molecule has 0 aliphatic heterocycles. The first kappa shape index (κ1) is 10.3. The first-order chi connectivity index (χ1) is 7.27. The molecule has 0 saturated carbocycles. The number of hydrogen-bond acceptors (Lipinski definition) is 1. The van der Waals surface area contributed by atoms with E-state index in [2.05, 4.69) is 17.5 Å². The van der Waals surface area contributed by atoms with Gasteiger partial charge in [0.2, 0.25) is 0 Å². The highest BCUT2D eigenvalue weighted by Gasteiger charge is 2.11. The van der Waals surface area contributed by atoms with Crippen molar-refractivity contribution in [3.05, 3.63) is 47.5 Å². The highest BCUT2D eigenvalue weighted by atomic mass is 19.2. The predicted molar refractivity (Wildman–Crippen MR) is 55.4 cm³/mol. The Hall–Kier alpha value is -1.22. The smallest absolute Gasteiger partial charge is 0.163 e. The van der Waals surface area contributed by atoms with Crippen LogP contribution >= 0.6 is 0 Å². The van der Waals surface area contributed by atoms with Crippen molar-refractivity contribution < 1.29 is 8.78 Å². The lowest BCUT2D eigenvalue weighted by Gasteiger charge is -2.12. The van der Waals surface area contributed by atoms with E-state index in [1.54, 1.807) is 6.07 Å². The molecule has 1 N–H and O–H groups in total. The molecule has 0 saturated heterocycles. The van der Waals surface area contributed by atoms with Gasteiger partial charge in [0.25, 0.3) is 0 Å². The van der Waals surface area contributed by atoms with Gasteiger partial charge in [-0.15, -0.1) is 0 Å². The molecule has 1 aromatic rings. The summed E-state index contributed by atoms with van der Waals surface area (Å²) < 4.78 is 26.1. The van der Waals surface area contributed by atoms with Crippen LogP contribution in [0.3, 0.4) is 0 Å². The lowest BCUT2D eigenvalue weighted by atomic mass is 10.1. The quantitative estimate of drug-likeness (QED) is 0.755. The van der Waals surface area contributed by atoms with E-state index in [0.29, 0.717) is 18.2 Å². The van der Waals surface area contributed by atoms with Crippen LogP contribution in [-0.4, -0.2) is 6.04 Å². The van der Waals surface area contributed by atoms with Crippen LogP contribution in [-0.2, 0) is 6.54 Å². The largest absolute Gasteiger partial charge is 0.309 e. The third-order valence-corrected chi connectivity index (χ3v) is 2.62. The maximum atomic E-state index is 13.2. The normalized spacial score (nSPS) is 16.1. The van der Waals surface area contributed by atoms with Gasteiger partial charge in [0.1, 0.15) is 0 Å². The first-order valence-electron chi connectivity index (χ1n) is 5.08. The molecule has 0 fully saturated rings. The second-order valence-electron chi connectivity index (χ2n) is 3.73. The van der Waals surface area contributed by atoms with Gasteiger partial charge in [-0.25, -0.2) is 8.78 Å². The van der Waals surface area contributed by atoms with Gasteiger partial charge in [-0.1, -0.05) is 24.3 Å². The summed E-state index contributed by atoms with van der Waals surface area (Å²) in [4.78, 5) is 0. The summed E-state index contributed by atoms with van der Waals surface area (Å²) in [7, 11) is 0. The van der Waals surface area contributed by atoms with Crippen molar-refractivity contribution in [2.75, 3.05) is 0 Å². The SMILES string of the molecule is Fc1cccc(CNC2CC=CC2)c1F. The van der Waals surface area contributed by atoms with Crippen LogP contribution in [0.1, 0.15) is 18.4 Å². The topological polar surface area (TPSA) is 12.0 Å². The molecule has 0 atom stereocenters. The highest BCUT2D eigenvalue weighted by molar-refractivity contribution is 5.19. The molecule has 0 heterocycles. The molecule has 2 rings (SSSR count). The van der Waals surface area contributed by atoms with Crippen molar-refractivity contribution in [3.63, 3.8) is 0 Å². The van der Waals surface area contributed by atoms with Crippen LogP contribution in [0.15, 0.2) is 30.4 Å². The van der Waals surface area contributed by atoms with Gasteiger partial charge in [-0.2, -0.15) is 0 Å². The van der Waals surface area contributed by atoms with Crippen molar-refractivity contribution in [3.8, 4) is 0 Å². The van der Waals surface area contributed by atoms with E-state index in [1.165, 1.54) is 6.07 Å². The molecule has 1 aliphatic carbocycles. The van der Waals surface area contributed by atoms with Crippen LogP contribution in [0.2, 0.25) is 0 Å². The fourth-order valence-corrected chi connectivity index (χ4v) is 1.72. The molecular weight excluding hydrogens is 196 g/mol. The Bertz CT molecular complexity index is 366. The lowest BCUT2D eigenvalue weighted by molar-refractivity contribution is 0.479. The molecule has 0 spiro atoms. The standard InChI is InChI=1S/C12H13F2N/c13-11-7-3-4-9(12(11)14)8-15-10-5-1-2-6-10/h1-4,7,10,15H,5-6,8H2. The maximum Gasteiger partial charge on any atom is 0.163 e. The maximum absolute atomic E-state index is 13.2. The second-order valence-corrected chi connectivity index (χ2v) is 3.73. The Morgan fingerprint density at radius 3 is 2.67 bits per heavy atom. The molecule has 3 heteroatoms. The summed E-state index contributed by atoms with van der Waals surface area (Å²) in [5.41, 5.74) is 0.391. The van der Waals surface area contributed by atoms with E-state index < -0.39 is 11.6 Å². The molecular formula is C12H13F2N. The molecule has 0 unspecified atom stereocenters. The molecule has 15 heavy (non-hydrogen) atoms. The molecule has 80 valence electrons. The van der Waals surface area contributed by atoms with E-state index >= 15 is 0 Å². The molecule has 0 amide bonds. The number of rotatable bonds is 3. The van der Waals surface area contributed by atoms with Crippen LogP contribution in [0.25, 0.3) is 0 Å². The van der Waals surface area contributed by atoms with Gasteiger partial charge in [-0.05, 0) is 18.9 Å². The van der Waals surface area contributed by atoms with Crippen molar-refractivity contribution in [2.45, 2.75) is 25.4 Å².